The Morgan fingerprint density at radius 2 is 2.45 bits per heavy atom. The van der Waals surface area contributed by atoms with E-state index >= 15 is 0 Å². The summed E-state index contributed by atoms with van der Waals surface area (Å²) in [6.07, 6.45) is 3.53. The SMILES string of the molecule is Cc1nc2c(s1)CCC[C@@H]2N. The van der Waals surface area contributed by atoms with Crippen molar-refractivity contribution in [3.8, 4) is 0 Å². The minimum absolute atomic E-state index is 0.212. The molecule has 2 rings (SSSR count). The monoisotopic (exact) mass is 168 g/mol. The Bertz CT molecular complexity index is 267. The fourth-order valence-corrected chi connectivity index (χ4v) is 2.62. The number of hydrogen-bond donors (Lipinski definition) is 1. The van der Waals surface area contributed by atoms with E-state index < -0.39 is 0 Å². The molecule has 0 amide bonds. The molecule has 0 radical (unpaired) electrons. The highest BCUT2D eigenvalue weighted by Gasteiger charge is 2.20. The third-order valence-corrected chi connectivity index (χ3v) is 3.15. The van der Waals surface area contributed by atoms with Crippen molar-refractivity contribution >= 4 is 11.3 Å². The minimum Gasteiger partial charge on any atom is -0.323 e. The Labute approximate surface area is 70.5 Å². The summed E-state index contributed by atoms with van der Waals surface area (Å²) in [6.45, 7) is 2.05. The van der Waals surface area contributed by atoms with E-state index in [0.717, 1.165) is 11.4 Å². The molecule has 0 saturated heterocycles. The number of rotatable bonds is 0. The lowest BCUT2D eigenvalue weighted by molar-refractivity contribution is 0.563. The number of nitrogens with two attached hydrogens (primary N) is 1. The average Bonchev–Trinajstić information content (AvgIpc) is 2.31. The molecule has 2 N–H and O–H groups in total. The van der Waals surface area contributed by atoms with Gasteiger partial charge < -0.3 is 5.73 Å². The maximum Gasteiger partial charge on any atom is 0.0900 e. The minimum atomic E-state index is 0.212. The summed E-state index contributed by atoms with van der Waals surface area (Å²) in [5.74, 6) is 0. The van der Waals surface area contributed by atoms with Crippen LogP contribution < -0.4 is 5.73 Å². The van der Waals surface area contributed by atoms with Crippen LogP contribution in [0.5, 0.6) is 0 Å². The predicted octanol–water partition coefficient (Wildman–Crippen LogP) is 1.79. The second kappa shape index (κ2) is 2.57. The van der Waals surface area contributed by atoms with Gasteiger partial charge in [0.2, 0.25) is 0 Å². The Morgan fingerprint density at radius 3 is 3.18 bits per heavy atom. The average molecular weight is 168 g/mol. The Hall–Kier alpha value is -0.410. The second-order valence-electron chi connectivity index (χ2n) is 3.04. The molecular weight excluding hydrogens is 156 g/mol. The van der Waals surface area contributed by atoms with E-state index in [1.54, 1.807) is 11.3 Å². The summed E-state index contributed by atoms with van der Waals surface area (Å²) in [5.41, 5.74) is 7.07. The summed E-state index contributed by atoms with van der Waals surface area (Å²) in [4.78, 5) is 5.84. The van der Waals surface area contributed by atoms with Crippen LogP contribution >= 0.6 is 11.3 Å². The van der Waals surface area contributed by atoms with E-state index in [0.29, 0.717) is 0 Å². The van der Waals surface area contributed by atoms with E-state index in [9.17, 15) is 0 Å². The summed E-state index contributed by atoms with van der Waals surface area (Å²) in [6, 6.07) is 0.212. The van der Waals surface area contributed by atoms with Crippen molar-refractivity contribution in [2.24, 2.45) is 5.73 Å². The largest absolute Gasteiger partial charge is 0.323 e. The third-order valence-electron chi connectivity index (χ3n) is 2.10. The fourth-order valence-electron chi connectivity index (χ4n) is 1.57. The molecule has 0 saturated carbocycles. The van der Waals surface area contributed by atoms with Gasteiger partial charge in [-0.1, -0.05) is 0 Å². The van der Waals surface area contributed by atoms with Crippen molar-refractivity contribution < 1.29 is 0 Å². The molecule has 11 heavy (non-hydrogen) atoms. The first-order chi connectivity index (χ1) is 5.27. The van der Waals surface area contributed by atoms with Crippen molar-refractivity contribution in [1.82, 2.24) is 4.98 Å². The molecule has 0 aliphatic heterocycles. The van der Waals surface area contributed by atoms with Crippen molar-refractivity contribution in [3.63, 3.8) is 0 Å². The van der Waals surface area contributed by atoms with Crippen LogP contribution in [0.25, 0.3) is 0 Å². The van der Waals surface area contributed by atoms with Gasteiger partial charge in [0.15, 0.2) is 0 Å². The summed E-state index contributed by atoms with van der Waals surface area (Å²) < 4.78 is 0. The quantitative estimate of drug-likeness (QED) is 0.641. The molecule has 1 aromatic heterocycles. The molecule has 0 aromatic carbocycles. The summed E-state index contributed by atoms with van der Waals surface area (Å²) in [5, 5.41) is 1.16. The van der Waals surface area contributed by atoms with E-state index in [-0.39, 0.29) is 6.04 Å². The molecule has 0 unspecified atom stereocenters. The Morgan fingerprint density at radius 1 is 1.64 bits per heavy atom. The van der Waals surface area contributed by atoms with Crippen LogP contribution in [0.4, 0.5) is 0 Å². The second-order valence-corrected chi connectivity index (χ2v) is 4.33. The van der Waals surface area contributed by atoms with Crippen LogP contribution in [0, 0.1) is 6.92 Å². The smallest absolute Gasteiger partial charge is 0.0900 e. The van der Waals surface area contributed by atoms with Crippen LogP contribution in [-0.4, -0.2) is 4.98 Å². The van der Waals surface area contributed by atoms with Gasteiger partial charge in [-0.15, -0.1) is 11.3 Å². The molecule has 1 aliphatic carbocycles. The molecule has 1 aromatic rings. The van der Waals surface area contributed by atoms with E-state index in [1.165, 1.54) is 23.4 Å². The zero-order chi connectivity index (χ0) is 7.84. The predicted molar refractivity (Wildman–Crippen MR) is 46.7 cm³/mol. The summed E-state index contributed by atoms with van der Waals surface area (Å²) in [7, 11) is 0. The normalized spacial score (nSPS) is 23.3. The van der Waals surface area contributed by atoms with E-state index in [1.807, 2.05) is 0 Å². The molecular formula is C8H12N2S. The molecule has 3 heteroatoms. The van der Waals surface area contributed by atoms with Gasteiger partial charge in [-0.2, -0.15) is 0 Å². The zero-order valence-corrected chi connectivity index (χ0v) is 7.45. The van der Waals surface area contributed by atoms with Gasteiger partial charge in [0.25, 0.3) is 0 Å². The lowest BCUT2D eigenvalue weighted by Gasteiger charge is -2.15. The molecule has 1 heterocycles. The topological polar surface area (TPSA) is 38.9 Å². The van der Waals surface area contributed by atoms with E-state index in [2.05, 4.69) is 11.9 Å². The first-order valence-corrected chi connectivity index (χ1v) is 4.81. The van der Waals surface area contributed by atoms with Crippen LogP contribution in [0.2, 0.25) is 0 Å². The zero-order valence-electron chi connectivity index (χ0n) is 6.63. The van der Waals surface area contributed by atoms with Crippen molar-refractivity contribution in [1.29, 1.82) is 0 Å². The van der Waals surface area contributed by atoms with Crippen molar-refractivity contribution in [3.05, 3.63) is 15.6 Å². The van der Waals surface area contributed by atoms with Gasteiger partial charge in [-0.3, -0.25) is 0 Å². The van der Waals surface area contributed by atoms with Gasteiger partial charge in [0, 0.05) is 10.9 Å². The fraction of sp³-hybridized carbons (Fsp3) is 0.625. The van der Waals surface area contributed by atoms with Gasteiger partial charge in [-0.25, -0.2) is 4.98 Å². The van der Waals surface area contributed by atoms with Crippen molar-refractivity contribution in [2.75, 3.05) is 0 Å². The number of thiazole rings is 1. The highest BCUT2D eigenvalue weighted by molar-refractivity contribution is 7.11. The van der Waals surface area contributed by atoms with E-state index in [4.69, 9.17) is 5.73 Å². The van der Waals surface area contributed by atoms with Crippen LogP contribution in [0.1, 0.15) is 34.5 Å². The first-order valence-electron chi connectivity index (χ1n) is 3.99. The van der Waals surface area contributed by atoms with Gasteiger partial charge in [-0.05, 0) is 26.2 Å². The molecule has 1 atom stereocenters. The number of nitrogens with zero attached hydrogens (tertiary/aromatic N) is 1. The highest BCUT2D eigenvalue weighted by atomic mass is 32.1. The Balaban J connectivity index is 2.43. The van der Waals surface area contributed by atoms with Gasteiger partial charge in [0.05, 0.1) is 10.7 Å². The van der Waals surface area contributed by atoms with Crippen LogP contribution in [-0.2, 0) is 6.42 Å². The standard InChI is InChI=1S/C8H12N2S/c1-5-10-8-6(9)3-2-4-7(8)11-5/h6H,2-4,9H2,1H3/t6-/m0/s1. The summed E-state index contributed by atoms with van der Waals surface area (Å²) >= 11 is 1.80. The molecule has 0 bridgehead atoms. The Kier molecular flexibility index (Phi) is 1.69. The number of fused-ring (bicyclic) bond motifs is 1. The number of hydrogen-bond acceptors (Lipinski definition) is 3. The third kappa shape index (κ3) is 1.19. The van der Waals surface area contributed by atoms with Crippen molar-refractivity contribution in [2.45, 2.75) is 32.2 Å². The highest BCUT2D eigenvalue weighted by Crippen LogP contribution is 2.31. The molecule has 60 valence electrons. The van der Waals surface area contributed by atoms with Gasteiger partial charge in [0.1, 0.15) is 0 Å². The lowest BCUT2D eigenvalue weighted by atomic mass is 9.99. The lowest BCUT2D eigenvalue weighted by Crippen LogP contribution is -2.16. The molecule has 1 aliphatic rings. The molecule has 2 nitrogen and oxygen atoms in total. The van der Waals surface area contributed by atoms with Crippen LogP contribution in [0.15, 0.2) is 0 Å². The molecule has 0 spiro atoms. The first kappa shape index (κ1) is 7.25. The number of aromatic nitrogens is 1. The maximum absolute atomic E-state index is 5.90. The van der Waals surface area contributed by atoms with Crippen LogP contribution in [0.3, 0.4) is 0 Å². The van der Waals surface area contributed by atoms with Gasteiger partial charge >= 0.3 is 0 Å². The molecule has 0 fully saturated rings. The maximum atomic E-state index is 5.90. The number of aryl methyl sites for hydroxylation is 2.